The Kier molecular flexibility index (Phi) is 5.64. The summed E-state index contributed by atoms with van der Waals surface area (Å²) in [5.74, 6) is -0.187. The molecule has 0 aliphatic carbocycles. The summed E-state index contributed by atoms with van der Waals surface area (Å²) in [6.45, 7) is 0. The number of rotatable bonds is 4. The van der Waals surface area contributed by atoms with E-state index < -0.39 is 5.91 Å². The Morgan fingerprint density at radius 3 is 2.57 bits per heavy atom. The average Bonchev–Trinajstić information content (AvgIpc) is 2.53. The summed E-state index contributed by atoms with van der Waals surface area (Å²) < 4.78 is 5.20. The van der Waals surface area contributed by atoms with Crippen LogP contribution >= 0.6 is 23.2 Å². The van der Waals surface area contributed by atoms with E-state index in [9.17, 15) is 10.1 Å². The lowest BCUT2D eigenvalue weighted by Gasteiger charge is -2.09. The fraction of sp³-hybridized carbons (Fsp3) is 0.0588. The minimum atomic E-state index is -0.531. The quantitative estimate of drug-likeness (QED) is 0.652. The molecule has 0 atom stereocenters. The van der Waals surface area contributed by atoms with Gasteiger partial charge in [0.1, 0.15) is 17.4 Å². The number of halogens is 2. The van der Waals surface area contributed by atoms with Crippen molar-refractivity contribution >= 4 is 40.9 Å². The van der Waals surface area contributed by atoms with Gasteiger partial charge in [0.15, 0.2) is 0 Å². The fourth-order valence-corrected chi connectivity index (χ4v) is 2.51. The van der Waals surface area contributed by atoms with Crippen LogP contribution in [-0.2, 0) is 4.79 Å². The van der Waals surface area contributed by atoms with Crippen LogP contribution in [0.2, 0.25) is 10.0 Å². The standard InChI is InChI=1S/C17H12Cl2N2O2/c1-23-16-11(8-13(18)9-15(16)19)7-12(10-20)17(22)21-14-5-3-2-4-6-14/h2-9H,1H3,(H,21,22)/b12-7+. The van der Waals surface area contributed by atoms with Gasteiger partial charge in [-0.15, -0.1) is 0 Å². The minimum absolute atomic E-state index is 0.0921. The number of para-hydroxylation sites is 1. The van der Waals surface area contributed by atoms with Gasteiger partial charge in [0, 0.05) is 16.3 Å². The normalized spacial score (nSPS) is 10.8. The summed E-state index contributed by atoms with van der Waals surface area (Å²) in [5.41, 5.74) is 0.949. The summed E-state index contributed by atoms with van der Waals surface area (Å²) in [4.78, 5) is 12.2. The van der Waals surface area contributed by atoms with Crippen molar-refractivity contribution in [3.05, 3.63) is 63.6 Å². The molecule has 0 spiro atoms. The zero-order valence-corrected chi connectivity index (χ0v) is 13.7. The molecule has 1 N–H and O–H groups in total. The summed E-state index contributed by atoms with van der Waals surface area (Å²) in [6.07, 6.45) is 1.38. The number of amides is 1. The summed E-state index contributed by atoms with van der Waals surface area (Å²) >= 11 is 12.0. The monoisotopic (exact) mass is 346 g/mol. The van der Waals surface area contributed by atoms with Gasteiger partial charge in [-0.2, -0.15) is 5.26 Å². The molecule has 0 aliphatic rings. The molecule has 0 saturated carbocycles. The van der Waals surface area contributed by atoms with E-state index in [0.29, 0.717) is 27.0 Å². The molecule has 0 radical (unpaired) electrons. The molecule has 0 saturated heterocycles. The average molecular weight is 347 g/mol. The lowest BCUT2D eigenvalue weighted by molar-refractivity contribution is -0.112. The van der Waals surface area contributed by atoms with Crippen molar-refractivity contribution in [2.75, 3.05) is 12.4 Å². The second-order valence-corrected chi connectivity index (χ2v) is 5.34. The van der Waals surface area contributed by atoms with Crippen molar-refractivity contribution < 1.29 is 9.53 Å². The third-order valence-corrected chi connectivity index (χ3v) is 3.44. The summed E-state index contributed by atoms with van der Waals surface area (Å²) in [7, 11) is 1.45. The van der Waals surface area contributed by atoms with Crippen molar-refractivity contribution in [3.8, 4) is 11.8 Å². The van der Waals surface area contributed by atoms with Crippen molar-refractivity contribution in [1.29, 1.82) is 5.26 Å². The van der Waals surface area contributed by atoms with Crippen LogP contribution in [0.25, 0.3) is 6.08 Å². The van der Waals surface area contributed by atoms with Gasteiger partial charge in [-0.05, 0) is 30.3 Å². The van der Waals surface area contributed by atoms with E-state index >= 15 is 0 Å². The largest absolute Gasteiger partial charge is 0.495 e. The second kappa shape index (κ2) is 7.68. The number of nitrogens with one attached hydrogen (secondary N) is 1. The smallest absolute Gasteiger partial charge is 0.266 e. The maximum atomic E-state index is 12.2. The third kappa shape index (κ3) is 4.26. The van der Waals surface area contributed by atoms with Crippen LogP contribution in [0.4, 0.5) is 5.69 Å². The Morgan fingerprint density at radius 1 is 1.26 bits per heavy atom. The number of hydrogen-bond acceptors (Lipinski definition) is 3. The third-order valence-electron chi connectivity index (χ3n) is 2.94. The van der Waals surface area contributed by atoms with Gasteiger partial charge < -0.3 is 10.1 Å². The molecular formula is C17H12Cl2N2O2. The Balaban J connectivity index is 2.36. The van der Waals surface area contributed by atoms with Crippen LogP contribution < -0.4 is 10.1 Å². The van der Waals surface area contributed by atoms with E-state index in [0.717, 1.165) is 0 Å². The Bertz CT molecular complexity index is 796. The topological polar surface area (TPSA) is 62.1 Å². The summed E-state index contributed by atoms with van der Waals surface area (Å²) in [6, 6.07) is 13.8. The van der Waals surface area contributed by atoms with Crippen LogP contribution in [0.3, 0.4) is 0 Å². The van der Waals surface area contributed by atoms with Crippen molar-refractivity contribution in [3.63, 3.8) is 0 Å². The molecular weight excluding hydrogens is 335 g/mol. The van der Waals surface area contributed by atoms with E-state index in [-0.39, 0.29) is 5.57 Å². The Hall–Kier alpha value is -2.48. The number of carbonyl (C=O) groups excluding carboxylic acids is 1. The molecule has 0 aliphatic heterocycles. The lowest BCUT2D eigenvalue weighted by atomic mass is 10.1. The molecule has 2 aromatic rings. The first-order valence-corrected chi connectivity index (χ1v) is 7.32. The molecule has 23 heavy (non-hydrogen) atoms. The molecule has 1 amide bonds. The maximum absolute atomic E-state index is 12.2. The van der Waals surface area contributed by atoms with Gasteiger partial charge in [0.25, 0.3) is 5.91 Å². The van der Waals surface area contributed by atoms with E-state index in [1.165, 1.54) is 19.3 Å². The predicted molar refractivity (Wildman–Crippen MR) is 91.7 cm³/mol. The van der Waals surface area contributed by atoms with Gasteiger partial charge >= 0.3 is 0 Å². The second-order valence-electron chi connectivity index (χ2n) is 4.50. The highest BCUT2D eigenvalue weighted by Gasteiger charge is 2.13. The summed E-state index contributed by atoms with van der Waals surface area (Å²) in [5, 5.41) is 12.6. The fourth-order valence-electron chi connectivity index (χ4n) is 1.93. The molecule has 2 rings (SSSR count). The number of carbonyl (C=O) groups is 1. The first-order valence-electron chi connectivity index (χ1n) is 6.56. The number of nitrogens with zero attached hydrogens (tertiary/aromatic N) is 1. The molecule has 0 heterocycles. The predicted octanol–water partition coefficient (Wildman–Crippen LogP) is 4.55. The van der Waals surface area contributed by atoms with E-state index in [2.05, 4.69) is 5.32 Å². The highest BCUT2D eigenvalue weighted by atomic mass is 35.5. The maximum Gasteiger partial charge on any atom is 0.266 e. The molecule has 0 unspecified atom stereocenters. The molecule has 0 fully saturated rings. The van der Waals surface area contributed by atoms with Crippen molar-refractivity contribution in [2.24, 2.45) is 0 Å². The minimum Gasteiger partial charge on any atom is -0.495 e. The highest BCUT2D eigenvalue weighted by Crippen LogP contribution is 2.33. The number of hydrogen-bond donors (Lipinski definition) is 1. The Labute approximate surface area is 143 Å². The van der Waals surface area contributed by atoms with Crippen molar-refractivity contribution in [1.82, 2.24) is 0 Å². The van der Waals surface area contributed by atoms with Crippen LogP contribution in [0.1, 0.15) is 5.56 Å². The molecule has 0 bridgehead atoms. The molecule has 4 nitrogen and oxygen atoms in total. The zero-order valence-electron chi connectivity index (χ0n) is 12.1. The van der Waals surface area contributed by atoms with E-state index in [1.807, 2.05) is 12.1 Å². The number of nitriles is 1. The number of anilines is 1. The number of methoxy groups -OCH3 is 1. The van der Waals surface area contributed by atoms with E-state index in [4.69, 9.17) is 27.9 Å². The van der Waals surface area contributed by atoms with Crippen LogP contribution in [0.15, 0.2) is 48.0 Å². The van der Waals surface area contributed by atoms with Gasteiger partial charge in [-0.3, -0.25) is 4.79 Å². The zero-order chi connectivity index (χ0) is 16.8. The van der Waals surface area contributed by atoms with Gasteiger partial charge in [0.05, 0.1) is 12.1 Å². The lowest BCUT2D eigenvalue weighted by Crippen LogP contribution is -2.13. The number of ether oxygens (including phenoxy) is 1. The Morgan fingerprint density at radius 2 is 1.96 bits per heavy atom. The molecule has 6 heteroatoms. The number of benzene rings is 2. The van der Waals surface area contributed by atoms with Crippen LogP contribution in [0, 0.1) is 11.3 Å². The van der Waals surface area contributed by atoms with Gasteiger partial charge in [-0.1, -0.05) is 41.4 Å². The molecule has 0 aromatic heterocycles. The molecule has 2 aromatic carbocycles. The first kappa shape index (κ1) is 16.9. The van der Waals surface area contributed by atoms with Crippen LogP contribution in [-0.4, -0.2) is 13.0 Å². The van der Waals surface area contributed by atoms with Gasteiger partial charge in [-0.25, -0.2) is 0 Å². The first-order chi connectivity index (χ1) is 11.0. The van der Waals surface area contributed by atoms with Gasteiger partial charge in [0.2, 0.25) is 0 Å². The van der Waals surface area contributed by atoms with E-state index in [1.54, 1.807) is 30.3 Å². The van der Waals surface area contributed by atoms with Crippen molar-refractivity contribution in [2.45, 2.75) is 0 Å². The molecule has 116 valence electrons. The highest BCUT2D eigenvalue weighted by molar-refractivity contribution is 6.36. The SMILES string of the molecule is COc1c(Cl)cc(Cl)cc1/C=C(\C#N)C(=O)Nc1ccccc1. The van der Waals surface area contributed by atoms with Crippen LogP contribution in [0.5, 0.6) is 5.75 Å².